The summed E-state index contributed by atoms with van der Waals surface area (Å²) >= 11 is 7.36. The molecule has 2 heterocycles. The van der Waals surface area contributed by atoms with Gasteiger partial charge in [-0.2, -0.15) is 0 Å². The topological polar surface area (TPSA) is 51.2 Å². The second-order valence-electron chi connectivity index (χ2n) is 4.99. The molecule has 0 unspecified atom stereocenters. The molecule has 1 N–H and O–H groups in total. The minimum atomic E-state index is -0.318. The highest BCUT2D eigenvalue weighted by molar-refractivity contribution is 7.09. The summed E-state index contributed by atoms with van der Waals surface area (Å²) in [6, 6.07) is 0. The maximum absolute atomic E-state index is 9.60. The molecule has 102 valence electrons. The molecule has 0 spiro atoms. The largest absolute Gasteiger partial charge is 0.462 e. The van der Waals surface area contributed by atoms with Crippen molar-refractivity contribution in [2.24, 2.45) is 0 Å². The van der Waals surface area contributed by atoms with Gasteiger partial charge in [0.05, 0.1) is 16.6 Å². The zero-order valence-corrected chi connectivity index (χ0v) is 12.5. The summed E-state index contributed by atoms with van der Waals surface area (Å²) in [5.74, 6) is 1.19. The zero-order chi connectivity index (χ0) is 13.6. The molecule has 1 fully saturated rings. The molecule has 4 nitrogen and oxygen atoms in total. The van der Waals surface area contributed by atoms with E-state index in [1.807, 2.05) is 26.2 Å². The van der Waals surface area contributed by atoms with Gasteiger partial charge in [0.1, 0.15) is 5.60 Å². The Morgan fingerprint density at radius 2 is 2.28 bits per heavy atom. The van der Waals surface area contributed by atoms with Crippen LogP contribution in [0.2, 0.25) is 0 Å². The van der Waals surface area contributed by atoms with Crippen LogP contribution in [-0.4, -0.2) is 30.1 Å². The minimum absolute atomic E-state index is 0.318. The Kier molecular flexibility index (Phi) is 6.05. The third-order valence-corrected chi connectivity index (χ3v) is 3.57. The van der Waals surface area contributed by atoms with Gasteiger partial charge in [0.2, 0.25) is 0 Å². The van der Waals surface area contributed by atoms with E-state index in [1.165, 1.54) is 5.01 Å². The number of aromatic nitrogens is 1. The van der Waals surface area contributed by atoms with Crippen molar-refractivity contribution in [2.45, 2.75) is 38.2 Å². The van der Waals surface area contributed by atoms with Crippen LogP contribution in [0.15, 0.2) is 5.38 Å². The molecule has 0 aliphatic carbocycles. The van der Waals surface area contributed by atoms with Crippen LogP contribution in [-0.2, 0) is 15.4 Å². The number of ether oxygens (including phenoxy) is 1. The lowest BCUT2D eigenvalue weighted by atomic mass is 10.1. The molecular formula is C12H19ClN2O2S. The third-order valence-electron chi connectivity index (χ3n) is 2.24. The van der Waals surface area contributed by atoms with Gasteiger partial charge in [0.25, 0.3) is 6.47 Å². The number of hydrogen-bond acceptors (Lipinski definition) is 5. The second kappa shape index (κ2) is 7.07. The molecule has 18 heavy (non-hydrogen) atoms. The van der Waals surface area contributed by atoms with Gasteiger partial charge < -0.3 is 10.1 Å². The Morgan fingerprint density at radius 3 is 2.56 bits per heavy atom. The lowest BCUT2D eigenvalue weighted by Crippen LogP contribution is -2.39. The molecule has 0 atom stereocenters. The van der Waals surface area contributed by atoms with Crippen molar-refractivity contribution in [3.63, 3.8) is 0 Å². The monoisotopic (exact) mass is 290 g/mol. The van der Waals surface area contributed by atoms with Crippen molar-refractivity contribution in [3.05, 3.63) is 16.1 Å². The van der Waals surface area contributed by atoms with Crippen molar-refractivity contribution in [1.82, 2.24) is 10.3 Å². The van der Waals surface area contributed by atoms with Crippen LogP contribution < -0.4 is 5.32 Å². The van der Waals surface area contributed by atoms with E-state index in [4.69, 9.17) is 11.6 Å². The van der Waals surface area contributed by atoms with Gasteiger partial charge in [0, 0.05) is 24.4 Å². The van der Waals surface area contributed by atoms with E-state index in [1.54, 1.807) is 11.3 Å². The fourth-order valence-electron chi connectivity index (χ4n) is 1.18. The predicted molar refractivity (Wildman–Crippen MR) is 74.2 cm³/mol. The summed E-state index contributed by atoms with van der Waals surface area (Å²) in [7, 11) is 0. The van der Waals surface area contributed by atoms with Crippen molar-refractivity contribution in [1.29, 1.82) is 0 Å². The predicted octanol–water partition coefficient (Wildman–Crippen LogP) is 2.53. The highest BCUT2D eigenvalue weighted by Gasteiger charge is 2.21. The summed E-state index contributed by atoms with van der Waals surface area (Å²) in [5.41, 5.74) is 0.695. The van der Waals surface area contributed by atoms with E-state index < -0.39 is 0 Å². The highest BCUT2D eigenvalue weighted by atomic mass is 35.5. The fraction of sp³-hybridized carbons (Fsp3) is 0.667. The van der Waals surface area contributed by atoms with Crippen LogP contribution in [0.25, 0.3) is 0 Å². The molecule has 1 aliphatic heterocycles. The van der Waals surface area contributed by atoms with Crippen LogP contribution >= 0.6 is 22.9 Å². The van der Waals surface area contributed by atoms with E-state index in [2.05, 4.69) is 15.0 Å². The number of carbonyl (C=O) groups excluding carboxylic acids is 1. The quantitative estimate of drug-likeness (QED) is 0.686. The molecule has 1 saturated heterocycles. The average Bonchev–Trinajstić information content (AvgIpc) is 2.62. The van der Waals surface area contributed by atoms with Gasteiger partial charge >= 0.3 is 0 Å². The second-order valence-corrected chi connectivity index (χ2v) is 6.15. The van der Waals surface area contributed by atoms with E-state index in [-0.39, 0.29) is 5.60 Å². The molecule has 1 aliphatic rings. The molecule has 1 aromatic heterocycles. The Bertz CT molecular complexity index is 372. The van der Waals surface area contributed by atoms with Gasteiger partial charge in [-0.1, -0.05) is 0 Å². The summed E-state index contributed by atoms with van der Waals surface area (Å²) in [6.07, 6.45) is 0. The summed E-state index contributed by atoms with van der Waals surface area (Å²) in [4.78, 5) is 14.0. The molecule has 0 amide bonds. The van der Waals surface area contributed by atoms with E-state index in [0.29, 0.717) is 18.3 Å². The van der Waals surface area contributed by atoms with Crippen molar-refractivity contribution < 1.29 is 9.53 Å². The molecule has 6 heteroatoms. The highest BCUT2D eigenvalue weighted by Crippen LogP contribution is 2.23. The van der Waals surface area contributed by atoms with Crippen molar-refractivity contribution in [2.75, 3.05) is 13.1 Å². The number of thiazole rings is 1. The van der Waals surface area contributed by atoms with E-state index in [9.17, 15) is 4.79 Å². The number of carbonyl (C=O) groups is 1. The molecule has 0 aromatic carbocycles. The molecule has 2 rings (SSSR count). The average molecular weight is 291 g/mol. The summed E-state index contributed by atoms with van der Waals surface area (Å²) in [6.45, 7) is 8.08. The lowest BCUT2D eigenvalue weighted by molar-refractivity contribution is -0.138. The Labute approximate surface area is 117 Å². The van der Waals surface area contributed by atoms with Crippen LogP contribution in [0, 0.1) is 0 Å². The lowest BCUT2D eigenvalue weighted by Gasteiger charge is -2.24. The number of nitrogens with zero attached hydrogens (tertiary/aromatic N) is 1. The van der Waals surface area contributed by atoms with Crippen LogP contribution in [0.1, 0.15) is 37.4 Å². The molecular weight excluding hydrogens is 272 g/mol. The van der Waals surface area contributed by atoms with Crippen LogP contribution in [0.3, 0.4) is 0 Å². The standard InChI is InChI=1S/C7H9ClN2S.C5H10O2/c8-1-6-4-11-7(10-6)5-2-9-3-5;1-5(2,3)7-4-6/h4-5,9H,1-3H2;4H,1-3H3. The molecule has 1 aromatic rings. The van der Waals surface area contributed by atoms with Gasteiger partial charge in [-0.05, 0) is 20.8 Å². The van der Waals surface area contributed by atoms with Gasteiger partial charge in [0.15, 0.2) is 0 Å². The Hall–Kier alpha value is -0.650. The van der Waals surface area contributed by atoms with Crippen molar-refractivity contribution in [3.8, 4) is 0 Å². The maximum atomic E-state index is 9.60. The first-order valence-corrected chi connectivity index (χ1v) is 7.20. The SMILES string of the molecule is CC(C)(C)OC=O.ClCc1csc(C2CNC2)n1. The first kappa shape index (κ1) is 15.4. The zero-order valence-electron chi connectivity index (χ0n) is 10.9. The number of halogens is 1. The van der Waals surface area contributed by atoms with E-state index in [0.717, 1.165) is 18.8 Å². The molecule has 0 bridgehead atoms. The number of alkyl halides is 1. The Balaban J connectivity index is 0.000000203. The molecule has 0 radical (unpaired) electrons. The normalized spacial score (nSPS) is 15.3. The van der Waals surface area contributed by atoms with Crippen LogP contribution in [0.4, 0.5) is 0 Å². The van der Waals surface area contributed by atoms with Crippen LogP contribution in [0.5, 0.6) is 0 Å². The number of rotatable bonds is 3. The van der Waals surface area contributed by atoms with Gasteiger partial charge in [-0.25, -0.2) is 4.98 Å². The number of nitrogens with one attached hydrogen (secondary N) is 1. The minimum Gasteiger partial charge on any atom is -0.462 e. The molecule has 0 saturated carbocycles. The third kappa shape index (κ3) is 5.33. The first-order valence-electron chi connectivity index (χ1n) is 5.78. The maximum Gasteiger partial charge on any atom is 0.293 e. The van der Waals surface area contributed by atoms with Crippen molar-refractivity contribution >= 4 is 29.4 Å². The van der Waals surface area contributed by atoms with Gasteiger partial charge in [-0.3, -0.25) is 4.79 Å². The summed E-state index contributed by atoms with van der Waals surface area (Å²) < 4.78 is 4.55. The number of hydrogen-bond donors (Lipinski definition) is 1. The Morgan fingerprint density at radius 1 is 1.61 bits per heavy atom. The van der Waals surface area contributed by atoms with Gasteiger partial charge in [-0.15, -0.1) is 22.9 Å². The smallest absolute Gasteiger partial charge is 0.293 e. The summed E-state index contributed by atoms with van der Waals surface area (Å²) in [5, 5.41) is 6.50. The van der Waals surface area contributed by atoms with E-state index >= 15 is 0 Å². The first-order chi connectivity index (χ1) is 8.46. The fourth-order valence-corrected chi connectivity index (χ4v) is 2.33.